The van der Waals surface area contributed by atoms with Gasteiger partial charge >= 0.3 is 12.4 Å². The summed E-state index contributed by atoms with van der Waals surface area (Å²) >= 11 is 0. The van der Waals surface area contributed by atoms with Crippen molar-refractivity contribution in [3.8, 4) is 5.75 Å². The van der Waals surface area contributed by atoms with E-state index in [9.17, 15) is 18.0 Å². The van der Waals surface area contributed by atoms with Crippen molar-refractivity contribution < 1.29 is 32.0 Å². The standard InChI is InChI=1S/C20H24F3N5O4/c21-20(22,23)31-16-3-1-13(2-4-16)14-9-15(18-25-17(10-24)26-32-18)12-28(11-14)19(29)27-5-7-30-8-6-27/h1-4,14-15H,5-12,24H2. The second-order valence-corrected chi connectivity index (χ2v) is 7.79. The molecular formula is C20H24F3N5O4. The largest absolute Gasteiger partial charge is 0.573 e. The van der Waals surface area contributed by atoms with E-state index in [0.717, 1.165) is 5.56 Å². The van der Waals surface area contributed by atoms with E-state index < -0.39 is 6.36 Å². The predicted molar refractivity (Wildman–Crippen MR) is 105 cm³/mol. The molecule has 2 N–H and O–H groups in total. The van der Waals surface area contributed by atoms with Crippen molar-refractivity contribution in [2.45, 2.75) is 31.2 Å². The van der Waals surface area contributed by atoms with Gasteiger partial charge in [-0.1, -0.05) is 17.3 Å². The minimum Gasteiger partial charge on any atom is -0.406 e. The highest BCUT2D eigenvalue weighted by atomic mass is 19.4. The first kappa shape index (κ1) is 22.3. The normalized spacial score (nSPS) is 22.1. The fourth-order valence-corrected chi connectivity index (χ4v) is 4.09. The van der Waals surface area contributed by atoms with Crippen LogP contribution in [0.5, 0.6) is 5.75 Å². The second-order valence-electron chi connectivity index (χ2n) is 7.79. The van der Waals surface area contributed by atoms with E-state index in [2.05, 4.69) is 14.9 Å². The van der Waals surface area contributed by atoms with Gasteiger partial charge < -0.3 is 29.5 Å². The number of halogens is 3. The molecule has 2 saturated heterocycles. The maximum absolute atomic E-state index is 13.1. The molecule has 9 nitrogen and oxygen atoms in total. The maximum atomic E-state index is 13.1. The van der Waals surface area contributed by atoms with Gasteiger partial charge in [0.1, 0.15) is 5.75 Å². The SMILES string of the molecule is NCc1noc(C2CC(c3ccc(OC(F)(F)F)cc3)CN(C(=O)N3CCOCC3)C2)n1. The lowest BCUT2D eigenvalue weighted by molar-refractivity contribution is -0.274. The number of rotatable bonds is 4. The van der Waals surface area contributed by atoms with Gasteiger partial charge in [0.25, 0.3) is 0 Å². The number of benzene rings is 1. The Balaban J connectivity index is 1.55. The van der Waals surface area contributed by atoms with Crippen LogP contribution >= 0.6 is 0 Å². The molecule has 2 aromatic rings. The van der Waals surface area contributed by atoms with Crippen LogP contribution in [0, 0.1) is 0 Å². The van der Waals surface area contributed by atoms with Gasteiger partial charge in [0.15, 0.2) is 5.82 Å². The summed E-state index contributed by atoms with van der Waals surface area (Å²) in [6.45, 7) is 2.93. The molecule has 32 heavy (non-hydrogen) atoms. The van der Waals surface area contributed by atoms with Gasteiger partial charge in [-0.05, 0) is 24.1 Å². The Labute approximate surface area is 182 Å². The Hall–Kier alpha value is -2.86. The Morgan fingerprint density at radius 1 is 1.12 bits per heavy atom. The number of aromatic nitrogens is 2. The number of nitrogens with zero attached hydrogens (tertiary/aromatic N) is 4. The number of nitrogens with two attached hydrogens (primary N) is 1. The van der Waals surface area contributed by atoms with Crippen LogP contribution in [0.3, 0.4) is 0 Å². The molecule has 0 radical (unpaired) electrons. The molecular weight excluding hydrogens is 431 g/mol. The number of alkyl halides is 3. The maximum Gasteiger partial charge on any atom is 0.573 e. The predicted octanol–water partition coefficient (Wildman–Crippen LogP) is 2.45. The van der Waals surface area contributed by atoms with Gasteiger partial charge in [0, 0.05) is 32.1 Å². The smallest absolute Gasteiger partial charge is 0.406 e. The third-order valence-electron chi connectivity index (χ3n) is 5.60. The van der Waals surface area contributed by atoms with Crippen molar-refractivity contribution in [1.82, 2.24) is 19.9 Å². The molecule has 2 unspecified atom stereocenters. The third-order valence-corrected chi connectivity index (χ3v) is 5.60. The number of morpholine rings is 1. The molecule has 2 atom stereocenters. The zero-order valence-electron chi connectivity index (χ0n) is 17.3. The summed E-state index contributed by atoms with van der Waals surface area (Å²) in [4.78, 5) is 20.9. The van der Waals surface area contributed by atoms with Crippen LogP contribution in [0.25, 0.3) is 0 Å². The number of amides is 2. The fraction of sp³-hybridized carbons (Fsp3) is 0.550. The first-order valence-electron chi connectivity index (χ1n) is 10.3. The van der Waals surface area contributed by atoms with Gasteiger partial charge in [0.2, 0.25) is 5.89 Å². The van der Waals surface area contributed by atoms with Gasteiger partial charge in [-0.15, -0.1) is 13.2 Å². The van der Waals surface area contributed by atoms with E-state index in [1.807, 2.05) is 0 Å². The zero-order chi connectivity index (χ0) is 22.7. The molecule has 1 aromatic heterocycles. The lowest BCUT2D eigenvalue weighted by Crippen LogP contribution is -2.52. The molecule has 12 heteroatoms. The third kappa shape index (κ3) is 5.30. The summed E-state index contributed by atoms with van der Waals surface area (Å²) in [6.07, 6.45) is -4.16. The molecule has 2 amide bonds. The highest BCUT2D eigenvalue weighted by Gasteiger charge is 2.37. The molecule has 3 heterocycles. The Morgan fingerprint density at radius 2 is 1.81 bits per heavy atom. The summed E-state index contributed by atoms with van der Waals surface area (Å²) in [6, 6.07) is 5.62. The average molecular weight is 455 g/mol. The molecule has 0 saturated carbocycles. The Bertz CT molecular complexity index is 915. The van der Waals surface area contributed by atoms with E-state index in [1.54, 1.807) is 21.9 Å². The van der Waals surface area contributed by atoms with Crippen molar-refractivity contribution in [2.75, 3.05) is 39.4 Å². The number of piperidine rings is 1. The number of hydrogen-bond donors (Lipinski definition) is 1. The van der Waals surface area contributed by atoms with E-state index in [-0.39, 0.29) is 30.2 Å². The first-order valence-corrected chi connectivity index (χ1v) is 10.3. The number of carbonyl (C=O) groups is 1. The highest BCUT2D eigenvalue weighted by molar-refractivity contribution is 5.75. The van der Waals surface area contributed by atoms with Crippen molar-refractivity contribution >= 4 is 6.03 Å². The van der Waals surface area contributed by atoms with Crippen LogP contribution in [-0.4, -0.2) is 71.7 Å². The number of hydrogen-bond acceptors (Lipinski definition) is 7. The number of carbonyl (C=O) groups excluding carboxylic acids is 1. The van der Waals surface area contributed by atoms with E-state index in [4.69, 9.17) is 15.0 Å². The summed E-state index contributed by atoms with van der Waals surface area (Å²) < 4.78 is 52.1. The van der Waals surface area contributed by atoms with Crippen LogP contribution in [0.4, 0.5) is 18.0 Å². The molecule has 174 valence electrons. The van der Waals surface area contributed by atoms with Crippen LogP contribution in [0.15, 0.2) is 28.8 Å². The molecule has 4 rings (SSSR count). The van der Waals surface area contributed by atoms with Crippen molar-refractivity contribution in [3.05, 3.63) is 41.5 Å². The molecule has 2 fully saturated rings. The van der Waals surface area contributed by atoms with E-state index >= 15 is 0 Å². The molecule has 0 bridgehead atoms. The van der Waals surface area contributed by atoms with Crippen LogP contribution in [-0.2, 0) is 11.3 Å². The fourth-order valence-electron chi connectivity index (χ4n) is 4.09. The molecule has 2 aliphatic heterocycles. The van der Waals surface area contributed by atoms with Gasteiger partial charge in [-0.3, -0.25) is 0 Å². The minimum absolute atomic E-state index is 0.112. The molecule has 1 aromatic carbocycles. The number of ether oxygens (including phenoxy) is 2. The lowest BCUT2D eigenvalue weighted by Gasteiger charge is -2.40. The lowest BCUT2D eigenvalue weighted by atomic mass is 9.84. The minimum atomic E-state index is -4.75. The quantitative estimate of drug-likeness (QED) is 0.755. The van der Waals surface area contributed by atoms with Crippen molar-refractivity contribution in [1.29, 1.82) is 0 Å². The van der Waals surface area contributed by atoms with Gasteiger partial charge in [0.05, 0.1) is 25.7 Å². The molecule has 0 aliphatic carbocycles. The average Bonchev–Trinajstić information content (AvgIpc) is 3.28. The van der Waals surface area contributed by atoms with Gasteiger partial charge in [-0.25, -0.2) is 4.79 Å². The molecule has 2 aliphatic rings. The second kappa shape index (κ2) is 9.33. The summed E-state index contributed by atoms with van der Waals surface area (Å²) in [5, 5.41) is 3.85. The van der Waals surface area contributed by atoms with Crippen LogP contribution < -0.4 is 10.5 Å². The molecule has 0 spiro atoms. The zero-order valence-corrected chi connectivity index (χ0v) is 17.3. The van der Waals surface area contributed by atoms with Crippen molar-refractivity contribution in [3.63, 3.8) is 0 Å². The monoisotopic (exact) mass is 455 g/mol. The summed E-state index contributed by atoms with van der Waals surface area (Å²) in [7, 11) is 0. The van der Waals surface area contributed by atoms with Crippen molar-refractivity contribution in [2.24, 2.45) is 5.73 Å². The van der Waals surface area contributed by atoms with Crippen LogP contribution in [0.1, 0.15) is 35.5 Å². The Morgan fingerprint density at radius 3 is 2.44 bits per heavy atom. The number of likely N-dealkylation sites (tertiary alicyclic amines) is 1. The summed E-state index contributed by atoms with van der Waals surface area (Å²) in [5.74, 6) is 0.123. The topological polar surface area (TPSA) is 107 Å². The van der Waals surface area contributed by atoms with Gasteiger partial charge in [-0.2, -0.15) is 4.98 Å². The number of urea groups is 1. The Kier molecular flexibility index (Phi) is 6.51. The van der Waals surface area contributed by atoms with Crippen LogP contribution in [0.2, 0.25) is 0 Å². The highest BCUT2D eigenvalue weighted by Crippen LogP contribution is 2.36. The first-order chi connectivity index (χ1) is 15.3. The van der Waals surface area contributed by atoms with E-state index in [0.29, 0.717) is 57.5 Å². The summed E-state index contributed by atoms with van der Waals surface area (Å²) in [5.41, 5.74) is 6.38. The van der Waals surface area contributed by atoms with E-state index in [1.165, 1.54) is 12.1 Å².